The molecule has 1 N–H and O–H groups in total. The zero-order valence-corrected chi connectivity index (χ0v) is 17.4. The second-order valence-electron chi connectivity index (χ2n) is 5.65. The number of ether oxygens (including phenoxy) is 1. The molecule has 0 heterocycles. The molecule has 0 aliphatic carbocycles. The molecule has 0 amide bonds. The predicted octanol–water partition coefficient (Wildman–Crippen LogP) is 2.37. The van der Waals surface area contributed by atoms with E-state index >= 15 is 0 Å². The van der Waals surface area contributed by atoms with E-state index in [1.165, 1.54) is 19.4 Å². The summed E-state index contributed by atoms with van der Waals surface area (Å²) in [5, 5.41) is 19.4. The average Bonchev–Trinajstić information content (AvgIpc) is 2.69. The minimum atomic E-state index is -1.38. The van der Waals surface area contributed by atoms with Crippen LogP contribution in [0.2, 0.25) is 0 Å². The molecule has 2 rings (SSSR count). The fourth-order valence-electron chi connectivity index (χ4n) is 2.34. The first-order valence-corrected chi connectivity index (χ1v) is 9.77. The molecule has 0 aromatic heterocycles. The molecule has 0 aliphatic rings. The molecule has 1 atom stereocenters. The molecule has 2 aromatic rings. The summed E-state index contributed by atoms with van der Waals surface area (Å²) < 4.78 is 6.15. The molecule has 1 unspecified atom stereocenters. The van der Waals surface area contributed by atoms with Gasteiger partial charge in [0, 0.05) is 0 Å². The van der Waals surface area contributed by atoms with Gasteiger partial charge in [0.2, 0.25) is 0 Å². The van der Waals surface area contributed by atoms with Crippen LogP contribution in [0.5, 0.6) is 0 Å². The third-order valence-corrected chi connectivity index (χ3v) is 5.40. The number of rotatable bonds is 10. The van der Waals surface area contributed by atoms with Gasteiger partial charge in [-0.3, -0.25) is 0 Å². The Bertz CT molecular complexity index is 796. The summed E-state index contributed by atoms with van der Waals surface area (Å²) in [6, 6.07) is 17.1. The van der Waals surface area contributed by atoms with Crippen LogP contribution < -0.4 is 0 Å². The maximum atomic E-state index is 12.0. The molecular weight excluding hydrogens is 522 g/mol. The van der Waals surface area contributed by atoms with Gasteiger partial charge >= 0.3 is 152 Å². The van der Waals surface area contributed by atoms with Crippen molar-refractivity contribution in [2.45, 2.75) is 18.9 Å². The quantitative estimate of drug-likeness (QED) is 0.215. The van der Waals surface area contributed by atoms with E-state index in [1.54, 1.807) is 18.2 Å². The Morgan fingerprint density at radius 3 is 2.44 bits per heavy atom. The molecule has 0 bridgehead atoms. The third kappa shape index (κ3) is 6.70. The Morgan fingerprint density at radius 1 is 1.07 bits per heavy atom. The molecule has 0 fully saturated rings. The summed E-state index contributed by atoms with van der Waals surface area (Å²) in [7, 11) is 0. The third-order valence-electron chi connectivity index (χ3n) is 3.70. The first-order valence-electron chi connectivity index (χ1n) is 8.31. The number of esters is 1. The minimum absolute atomic E-state index is 0.0495. The van der Waals surface area contributed by atoms with Gasteiger partial charge in [0.1, 0.15) is 0 Å². The topological polar surface area (TPSA) is 98.9 Å². The van der Waals surface area contributed by atoms with Gasteiger partial charge in [-0.05, 0) is 0 Å². The molecule has 27 heavy (non-hydrogen) atoms. The molecule has 0 saturated heterocycles. The van der Waals surface area contributed by atoms with Crippen molar-refractivity contribution < 1.29 is 43.9 Å². The number of carbonyl (C=O) groups excluding carboxylic acids is 1. The SMILES string of the molecule is O=C(OCCCCO[N+](=O)[O-])C(O)c1cccc([C](=[W])c2ccccc2)c1. The van der Waals surface area contributed by atoms with Crippen molar-refractivity contribution in [1.29, 1.82) is 0 Å². The number of unbranched alkanes of at least 4 members (excludes halogenated alkanes) is 1. The normalized spacial score (nSPS) is 11.4. The summed E-state index contributed by atoms with van der Waals surface area (Å²) >= 11 is 1.28. The van der Waals surface area contributed by atoms with Crippen LogP contribution in [-0.2, 0) is 33.7 Å². The molecule has 0 aliphatic heterocycles. The van der Waals surface area contributed by atoms with Crippen LogP contribution in [0.25, 0.3) is 0 Å². The van der Waals surface area contributed by atoms with Crippen molar-refractivity contribution in [3.8, 4) is 0 Å². The molecule has 0 saturated carbocycles. The van der Waals surface area contributed by atoms with Gasteiger partial charge in [0.05, 0.1) is 0 Å². The van der Waals surface area contributed by atoms with Crippen LogP contribution in [0.3, 0.4) is 0 Å². The van der Waals surface area contributed by atoms with Gasteiger partial charge in [-0.15, -0.1) is 10.1 Å². The summed E-state index contributed by atoms with van der Waals surface area (Å²) in [4.78, 5) is 26.2. The van der Waals surface area contributed by atoms with E-state index in [0.29, 0.717) is 18.4 Å². The molecule has 7 nitrogen and oxygen atoms in total. The molecular formula is C19H19NO6W. The number of hydrogen-bond acceptors (Lipinski definition) is 6. The van der Waals surface area contributed by atoms with Gasteiger partial charge < -0.3 is 0 Å². The van der Waals surface area contributed by atoms with Gasteiger partial charge in [0.25, 0.3) is 5.09 Å². The number of carbonyl (C=O) groups is 1. The monoisotopic (exact) mass is 541 g/mol. The summed E-state index contributed by atoms with van der Waals surface area (Å²) in [6.45, 7) is 0.0159. The zero-order chi connectivity index (χ0) is 19.6. The van der Waals surface area contributed by atoms with E-state index in [0.717, 1.165) is 15.0 Å². The first kappa shape index (κ1) is 20.9. The second-order valence-corrected chi connectivity index (χ2v) is 7.12. The Labute approximate surface area is 167 Å². The van der Waals surface area contributed by atoms with E-state index in [-0.39, 0.29) is 13.2 Å². The number of hydrogen-bond donors (Lipinski definition) is 1. The van der Waals surface area contributed by atoms with Crippen LogP contribution in [0.15, 0.2) is 54.6 Å². The summed E-state index contributed by atoms with van der Waals surface area (Å²) in [5.74, 6) is -0.743. The number of nitrogens with zero attached hydrogens (tertiary/aromatic N) is 1. The Kier molecular flexibility index (Phi) is 8.30. The molecule has 0 radical (unpaired) electrons. The number of aliphatic hydroxyl groups excluding tert-OH is 1. The van der Waals surface area contributed by atoms with Crippen molar-refractivity contribution >= 4 is 9.87 Å². The van der Waals surface area contributed by atoms with Crippen molar-refractivity contribution in [1.82, 2.24) is 0 Å². The number of aliphatic hydroxyl groups is 1. The van der Waals surface area contributed by atoms with Crippen LogP contribution >= 0.6 is 0 Å². The second kappa shape index (κ2) is 10.7. The van der Waals surface area contributed by atoms with Gasteiger partial charge in [-0.1, -0.05) is 0 Å². The molecule has 8 heteroatoms. The Hall–Kier alpha value is -2.37. The Morgan fingerprint density at radius 2 is 1.74 bits per heavy atom. The van der Waals surface area contributed by atoms with Gasteiger partial charge in [0.15, 0.2) is 0 Å². The zero-order valence-electron chi connectivity index (χ0n) is 14.4. The molecule has 2 aromatic carbocycles. The van der Waals surface area contributed by atoms with E-state index in [1.807, 2.05) is 36.4 Å². The van der Waals surface area contributed by atoms with Crippen molar-refractivity contribution in [2.24, 2.45) is 0 Å². The maximum absolute atomic E-state index is 12.0. The van der Waals surface area contributed by atoms with Crippen LogP contribution in [0.4, 0.5) is 0 Å². The van der Waals surface area contributed by atoms with Crippen LogP contribution in [-0.4, -0.2) is 33.3 Å². The van der Waals surface area contributed by atoms with E-state index in [2.05, 4.69) is 4.84 Å². The van der Waals surface area contributed by atoms with Crippen LogP contribution in [0, 0.1) is 10.1 Å². The average molecular weight is 541 g/mol. The van der Waals surface area contributed by atoms with Gasteiger partial charge in [-0.2, -0.15) is 0 Å². The standard InChI is InChI=1S/C19H19NO6.W/c21-18(19(22)25-11-4-5-12-26-20(23)24)17-10-6-9-16(14-17)13-15-7-2-1-3-8-15;/h1-3,6-10,14,18,21H,4-5,11-12H2;. The molecule has 142 valence electrons. The predicted molar refractivity (Wildman–Crippen MR) is 94.2 cm³/mol. The van der Waals surface area contributed by atoms with E-state index in [4.69, 9.17) is 4.74 Å². The van der Waals surface area contributed by atoms with Crippen molar-refractivity contribution in [2.75, 3.05) is 13.2 Å². The van der Waals surface area contributed by atoms with Crippen molar-refractivity contribution in [3.63, 3.8) is 0 Å². The summed E-state index contributed by atoms with van der Waals surface area (Å²) in [5.41, 5.74) is 2.50. The van der Waals surface area contributed by atoms with E-state index < -0.39 is 17.2 Å². The first-order chi connectivity index (χ1) is 13.0. The van der Waals surface area contributed by atoms with Gasteiger partial charge in [-0.25, -0.2) is 0 Å². The van der Waals surface area contributed by atoms with Crippen LogP contribution in [0.1, 0.15) is 35.6 Å². The fraction of sp³-hybridized carbons (Fsp3) is 0.263. The van der Waals surface area contributed by atoms with Crippen molar-refractivity contribution in [3.05, 3.63) is 81.4 Å². The fourth-order valence-corrected chi connectivity index (χ4v) is 3.28. The molecule has 0 spiro atoms. The number of benzene rings is 2. The Balaban J connectivity index is 1.90. The van der Waals surface area contributed by atoms with E-state index in [9.17, 15) is 20.0 Å². The summed E-state index contributed by atoms with van der Waals surface area (Å²) in [6.07, 6.45) is -0.580.